The molecule has 0 atom stereocenters. The minimum atomic E-state index is -0.291. The highest BCUT2D eigenvalue weighted by Crippen LogP contribution is 2.30. The summed E-state index contributed by atoms with van der Waals surface area (Å²) in [5, 5.41) is 10.8. The lowest BCUT2D eigenvalue weighted by Crippen LogP contribution is -2.00. The number of rotatable bonds is 5. The van der Waals surface area contributed by atoms with Crippen LogP contribution >= 0.6 is 35.0 Å². The van der Waals surface area contributed by atoms with Crippen LogP contribution in [0.2, 0.25) is 10.0 Å². The van der Waals surface area contributed by atoms with Crippen molar-refractivity contribution in [2.24, 2.45) is 0 Å². The SMILES string of the molecule is Fc1ccc(-n2c(SCc3ccc(Cl)cc3)nnc2-c2ccc(Cl)cc2)cc1. The summed E-state index contributed by atoms with van der Waals surface area (Å²) in [6, 6.07) is 21.4. The highest BCUT2D eigenvalue weighted by Gasteiger charge is 2.16. The van der Waals surface area contributed by atoms with Crippen LogP contribution < -0.4 is 0 Å². The first-order valence-corrected chi connectivity index (χ1v) is 10.2. The Morgan fingerprint density at radius 2 is 1.39 bits per heavy atom. The number of benzene rings is 3. The number of aromatic nitrogens is 3. The van der Waals surface area contributed by atoms with Crippen LogP contribution in [0, 0.1) is 5.82 Å². The first kappa shape index (κ1) is 19.0. The Bertz CT molecular complexity index is 1080. The van der Waals surface area contributed by atoms with Gasteiger partial charge in [-0.2, -0.15) is 0 Å². The van der Waals surface area contributed by atoms with Gasteiger partial charge in [0.2, 0.25) is 0 Å². The van der Waals surface area contributed by atoms with Crippen molar-refractivity contribution in [3.63, 3.8) is 0 Å². The van der Waals surface area contributed by atoms with Crippen LogP contribution in [0.15, 0.2) is 78.0 Å². The molecule has 1 heterocycles. The van der Waals surface area contributed by atoms with Crippen molar-refractivity contribution in [1.82, 2.24) is 14.8 Å². The van der Waals surface area contributed by atoms with Crippen LogP contribution in [0.4, 0.5) is 4.39 Å². The van der Waals surface area contributed by atoms with Crippen molar-refractivity contribution in [3.05, 3.63) is 94.2 Å². The number of halogens is 3. The molecule has 0 spiro atoms. The van der Waals surface area contributed by atoms with E-state index in [0.717, 1.165) is 16.8 Å². The van der Waals surface area contributed by atoms with E-state index in [0.29, 0.717) is 26.8 Å². The minimum Gasteiger partial charge on any atom is -0.270 e. The van der Waals surface area contributed by atoms with Crippen molar-refractivity contribution in [1.29, 1.82) is 0 Å². The third-order valence-electron chi connectivity index (χ3n) is 4.10. The predicted octanol–water partition coefficient (Wildman–Crippen LogP) is 6.67. The van der Waals surface area contributed by atoms with Gasteiger partial charge in [-0.3, -0.25) is 4.57 Å². The van der Waals surface area contributed by atoms with Gasteiger partial charge in [0.05, 0.1) is 0 Å². The molecule has 0 aliphatic heterocycles. The molecule has 28 heavy (non-hydrogen) atoms. The number of hydrogen-bond acceptors (Lipinski definition) is 3. The zero-order valence-corrected chi connectivity index (χ0v) is 16.8. The quantitative estimate of drug-likeness (QED) is 0.331. The molecule has 0 saturated heterocycles. The van der Waals surface area contributed by atoms with Crippen molar-refractivity contribution >= 4 is 35.0 Å². The maximum atomic E-state index is 13.4. The van der Waals surface area contributed by atoms with E-state index in [9.17, 15) is 4.39 Å². The van der Waals surface area contributed by atoms with Gasteiger partial charge in [-0.15, -0.1) is 10.2 Å². The summed E-state index contributed by atoms with van der Waals surface area (Å²) in [4.78, 5) is 0. The largest absolute Gasteiger partial charge is 0.270 e. The molecule has 0 bridgehead atoms. The van der Waals surface area contributed by atoms with Crippen LogP contribution in [0.25, 0.3) is 17.1 Å². The second kappa shape index (κ2) is 8.35. The molecule has 0 N–H and O–H groups in total. The molecule has 4 aromatic rings. The maximum Gasteiger partial charge on any atom is 0.196 e. The van der Waals surface area contributed by atoms with Crippen molar-refractivity contribution in [3.8, 4) is 17.1 Å². The zero-order chi connectivity index (χ0) is 19.5. The smallest absolute Gasteiger partial charge is 0.196 e. The highest BCUT2D eigenvalue weighted by atomic mass is 35.5. The van der Waals surface area contributed by atoms with Gasteiger partial charge in [-0.25, -0.2) is 4.39 Å². The van der Waals surface area contributed by atoms with Crippen LogP contribution in [0.1, 0.15) is 5.56 Å². The summed E-state index contributed by atoms with van der Waals surface area (Å²) in [7, 11) is 0. The first-order valence-electron chi connectivity index (χ1n) is 8.45. The number of nitrogens with zero attached hydrogens (tertiary/aromatic N) is 3. The molecule has 1 aromatic heterocycles. The molecular formula is C21H14Cl2FN3S. The Hall–Kier alpha value is -2.34. The van der Waals surface area contributed by atoms with Crippen LogP contribution in [0.3, 0.4) is 0 Å². The monoisotopic (exact) mass is 429 g/mol. The Morgan fingerprint density at radius 1 is 0.786 bits per heavy atom. The van der Waals surface area contributed by atoms with E-state index in [4.69, 9.17) is 23.2 Å². The van der Waals surface area contributed by atoms with Gasteiger partial charge in [0.15, 0.2) is 11.0 Å². The highest BCUT2D eigenvalue weighted by molar-refractivity contribution is 7.98. The van der Waals surface area contributed by atoms with E-state index in [-0.39, 0.29) is 5.82 Å². The average molecular weight is 430 g/mol. The minimum absolute atomic E-state index is 0.291. The molecule has 0 radical (unpaired) electrons. The van der Waals surface area contributed by atoms with Crippen LogP contribution in [-0.4, -0.2) is 14.8 Å². The van der Waals surface area contributed by atoms with Crippen molar-refractivity contribution in [2.45, 2.75) is 10.9 Å². The van der Waals surface area contributed by atoms with Gasteiger partial charge in [0.25, 0.3) is 0 Å². The molecule has 140 valence electrons. The summed E-state index contributed by atoms with van der Waals surface area (Å²) in [6.07, 6.45) is 0. The predicted molar refractivity (Wildman–Crippen MR) is 113 cm³/mol. The van der Waals surface area contributed by atoms with Crippen molar-refractivity contribution < 1.29 is 4.39 Å². The van der Waals surface area contributed by atoms with Gasteiger partial charge in [-0.1, -0.05) is 47.1 Å². The lowest BCUT2D eigenvalue weighted by molar-refractivity contribution is 0.627. The van der Waals surface area contributed by atoms with Gasteiger partial charge in [0, 0.05) is 27.0 Å². The zero-order valence-electron chi connectivity index (χ0n) is 14.5. The summed E-state index contributed by atoms with van der Waals surface area (Å²) in [6.45, 7) is 0. The summed E-state index contributed by atoms with van der Waals surface area (Å²) < 4.78 is 15.3. The first-order chi connectivity index (χ1) is 13.6. The summed E-state index contributed by atoms with van der Waals surface area (Å²) in [5.41, 5.74) is 2.78. The second-order valence-corrected chi connectivity index (χ2v) is 7.86. The van der Waals surface area contributed by atoms with E-state index in [1.807, 2.05) is 41.0 Å². The van der Waals surface area contributed by atoms with Crippen LogP contribution in [0.5, 0.6) is 0 Å². The number of thioether (sulfide) groups is 1. The topological polar surface area (TPSA) is 30.7 Å². The third-order valence-corrected chi connectivity index (χ3v) is 5.61. The van der Waals surface area contributed by atoms with Gasteiger partial charge in [0.1, 0.15) is 5.82 Å². The summed E-state index contributed by atoms with van der Waals surface area (Å²) >= 11 is 13.5. The third kappa shape index (κ3) is 4.22. The van der Waals surface area contributed by atoms with E-state index >= 15 is 0 Å². The van der Waals surface area contributed by atoms with E-state index < -0.39 is 0 Å². The molecule has 0 amide bonds. The van der Waals surface area contributed by atoms with Gasteiger partial charge in [-0.05, 0) is 66.2 Å². The molecule has 0 aliphatic carbocycles. The molecule has 0 saturated carbocycles. The Balaban J connectivity index is 1.72. The average Bonchev–Trinajstić information content (AvgIpc) is 3.13. The van der Waals surface area contributed by atoms with Gasteiger partial charge < -0.3 is 0 Å². The molecule has 0 aliphatic rings. The van der Waals surface area contributed by atoms with Crippen LogP contribution in [-0.2, 0) is 5.75 Å². The molecule has 0 unspecified atom stereocenters. The number of hydrogen-bond donors (Lipinski definition) is 0. The lowest BCUT2D eigenvalue weighted by atomic mass is 10.2. The normalized spacial score (nSPS) is 11.0. The molecule has 0 fully saturated rings. The van der Waals surface area contributed by atoms with E-state index in [1.54, 1.807) is 36.0 Å². The van der Waals surface area contributed by atoms with E-state index in [1.165, 1.54) is 12.1 Å². The van der Waals surface area contributed by atoms with Gasteiger partial charge >= 0.3 is 0 Å². The molecule has 3 nitrogen and oxygen atoms in total. The second-order valence-electron chi connectivity index (χ2n) is 6.04. The lowest BCUT2D eigenvalue weighted by Gasteiger charge is -2.10. The maximum absolute atomic E-state index is 13.4. The molecular weight excluding hydrogens is 416 g/mol. The molecule has 4 rings (SSSR count). The fourth-order valence-electron chi connectivity index (χ4n) is 2.70. The fourth-order valence-corrected chi connectivity index (χ4v) is 3.86. The fraction of sp³-hybridized carbons (Fsp3) is 0.0476. The standard InChI is InChI=1S/C21H14Cl2FN3S/c22-16-5-1-14(2-6-16)13-28-21-26-25-20(15-3-7-17(23)8-4-15)27(21)19-11-9-18(24)10-12-19/h1-12H,13H2. The molecule has 3 aromatic carbocycles. The Morgan fingerprint density at radius 3 is 2.04 bits per heavy atom. The summed E-state index contributed by atoms with van der Waals surface area (Å²) in [5.74, 6) is 1.08. The Kier molecular flexibility index (Phi) is 5.67. The van der Waals surface area contributed by atoms with Crippen molar-refractivity contribution in [2.75, 3.05) is 0 Å². The molecule has 7 heteroatoms. The Labute approximate surface area is 176 Å². The van der Waals surface area contributed by atoms with E-state index in [2.05, 4.69) is 10.2 Å².